The highest BCUT2D eigenvalue weighted by molar-refractivity contribution is 5.36. The quantitative estimate of drug-likeness (QED) is 0.827. The largest absolute Gasteiger partial charge is 0.286 e. The molecule has 0 unspecified atom stereocenters. The Morgan fingerprint density at radius 3 is 2.35 bits per heavy atom. The lowest BCUT2D eigenvalue weighted by molar-refractivity contribution is 0.184. The summed E-state index contributed by atoms with van der Waals surface area (Å²) in [6.07, 6.45) is 6.17. The number of rotatable bonds is 2. The average molecular weight is 274 g/mol. The van der Waals surface area contributed by atoms with E-state index in [-0.39, 0.29) is 11.1 Å². The maximum atomic E-state index is 12.3. The molecule has 20 heavy (non-hydrogen) atoms. The molecule has 0 amide bonds. The molecular formula is C15H22N4O. The van der Waals surface area contributed by atoms with Crippen LogP contribution in [0.4, 0.5) is 0 Å². The van der Waals surface area contributed by atoms with Gasteiger partial charge in [0.25, 0.3) is 5.56 Å². The van der Waals surface area contributed by atoms with Gasteiger partial charge in [0, 0.05) is 0 Å². The van der Waals surface area contributed by atoms with Gasteiger partial charge in [0.1, 0.15) is 11.6 Å². The first-order valence-electron chi connectivity index (χ1n) is 7.34. The summed E-state index contributed by atoms with van der Waals surface area (Å²) in [6.45, 7) is 6.13. The van der Waals surface area contributed by atoms with E-state index >= 15 is 0 Å². The van der Waals surface area contributed by atoms with Crippen molar-refractivity contribution in [1.29, 1.82) is 5.26 Å². The topological polar surface area (TPSA) is 61.9 Å². The van der Waals surface area contributed by atoms with Crippen LogP contribution >= 0.6 is 0 Å². The van der Waals surface area contributed by atoms with Gasteiger partial charge in [-0.2, -0.15) is 10.4 Å². The van der Waals surface area contributed by atoms with E-state index in [1.54, 1.807) is 6.92 Å². The molecule has 108 valence electrons. The zero-order chi connectivity index (χ0) is 14.5. The van der Waals surface area contributed by atoms with Gasteiger partial charge in [0.2, 0.25) is 0 Å². The van der Waals surface area contributed by atoms with Gasteiger partial charge in [-0.1, -0.05) is 19.3 Å². The fraction of sp³-hybridized carbons (Fsp3) is 0.667. The Balaban J connectivity index is 2.22. The van der Waals surface area contributed by atoms with Gasteiger partial charge in [-0.05, 0) is 45.3 Å². The van der Waals surface area contributed by atoms with Gasteiger partial charge in [-0.25, -0.2) is 4.68 Å². The molecule has 0 N–H and O–H groups in total. The number of aromatic nitrogens is 2. The molecular weight excluding hydrogens is 252 g/mol. The van der Waals surface area contributed by atoms with Crippen LogP contribution < -0.4 is 5.56 Å². The molecule has 1 aromatic heterocycles. The number of nitriles is 1. The van der Waals surface area contributed by atoms with Crippen LogP contribution in [-0.4, -0.2) is 27.8 Å². The Bertz CT molecular complexity index is 562. The van der Waals surface area contributed by atoms with Crippen molar-refractivity contribution in [2.75, 3.05) is 13.1 Å². The first kappa shape index (κ1) is 14.7. The molecule has 1 saturated heterocycles. The van der Waals surface area contributed by atoms with Gasteiger partial charge in [-0.15, -0.1) is 0 Å². The zero-order valence-electron chi connectivity index (χ0n) is 12.4. The van der Waals surface area contributed by atoms with Crippen molar-refractivity contribution in [3.8, 4) is 6.07 Å². The molecule has 0 atom stereocenters. The highest BCUT2D eigenvalue weighted by Gasteiger charge is 2.14. The molecule has 5 nitrogen and oxygen atoms in total. The maximum absolute atomic E-state index is 12.3. The third-order valence-corrected chi connectivity index (χ3v) is 4.03. The van der Waals surface area contributed by atoms with Crippen LogP contribution in [0.2, 0.25) is 0 Å². The second-order valence-corrected chi connectivity index (χ2v) is 5.53. The van der Waals surface area contributed by atoms with Crippen molar-refractivity contribution in [2.45, 2.75) is 52.6 Å². The molecule has 0 spiro atoms. The number of aryl methyl sites for hydroxylation is 1. The van der Waals surface area contributed by atoms with E-state index in [0.717, 1.165) is 18.8 Å². The Morgan fingerprint density at radius 1 is 1.15 bits per heavy atom. The summed E-state index contributed by atoms with van der Waals surface area (Å²) in [4.78, 5) is 14.5. The van der Waals surface area contributed by atoms with Crippen LogP contribution in [0, 0.1) is 25.2 Å². The van der Waals surface area contributed by atoms with Crippen LogP contribution in [0.25, 0.3) is 0 Å². The van der Waals surface area contributed by atoms with E-state index in [1.165, 1.54) is 36.8 Å². The predicted molar refractivity (Wildman–Crippen MR) is 77.3 cm³/mol. The van der Waals surface area contributed by atoms with Gasteiger partial charge in [0.05, 0.1) is 12.4 Å². The molecule has 5 heteroatoms. The van der Waals surface area contributed by atoms with Crippen molar-refractivity contribution in [1.82, 2.24) is 14.7 Å². The first-order chi connectivity index (χ1) is 9.63. The summed E-state index contributed by atoms with van der Waals surface area (Å²) in [7, 11) is 0. The first-order valence-corrected chi connectivity index (χ1v) is 7.34. The molecule has 0 bridgehead atoms. The summed E-state index contributed by atoms with van der Waals surface area (Å²) >= 11 is 0. The van der Waals surface area contributed by atoms with Crippen LogP contribution in [0.15, 0.2) is 4.79 Å². The molecule has 0 aliphatic carbocycles. The molecule has 1 fully saturated rings. The molecule has 1 aliphatic rings. The third-order valence-electron chi connectivity index (χ3n) is 4.03. The molecule has 2 rings (SSSR count). The smallest absolute Gasteiger partial charge is 0.284 e. The second kappa shape index (κ2) is 6.67. The van der Waals surface area contributed by atoms with E-state index in [2.05, 4.69) is 10.00 Å². The number of hydrogen-bond donors (Lipinski definition) is 0. The lowest BCUT2D eigenvalue weighted by atomic mass is 10.1. The standard InChI is InChI=1S/C15H22N4O/c1-12-13(2)17-19(15(20)14(12)10-16)11-18-8-6-4-3-5-7-9-18/h3-9,11H2,1-2H3. The van der Waals surface area contributed by atoms with Crippen LogP contribution in [0.1, 0.15) is 48.9 Å². The molecule has 0 saturated carbocycles. The second-order valence-electron chi connectivity index (χ2n) is 5.53. The minimum absolute atomic E-state index is 0.226. The highest BCUT2D eigenvalue weighted by atomic mass is 16.1. The average Bonchev–Trinajstić information content (AvgIpc) is 2.39. The van der Waals surface area contributed by atoms with Crippen molar-refractivity contribution in [2.24, 2.45) is 0 Å². The van der Waals surface area contributed by atoms with E-state index < -0.39 is 0 Å². The van der Waals surface area contributed by atoms with Crippen LogP contribution in [0.3, 0.4) is 0 Å². The Labute approximate surface area is 119 Å². The summed E-state index contributed by atoms with van der Waals surface area (Å²) in [6, 6.07) is 2.01. The fourth-order valence-corrected chi connectivity index (χ4v) is 2.64. The Hall–Kier alpha value is -1.67. The summed E-state index contributed by atoms with van der Waals surface area (Å²) < 4.78 is 1.45. The lowest BCUT2D eigenvalue weighted by Crippen LogP contribution is -2.37. The van der Waals surface area contributed by atoms with E-state index in [1.807, 2.05) is 13.0 Å². The van der Waals surface area contributed by atoms with E-state index in [4.69, 9.17) is 5.26 Å². The maximum Gasteiger partial charge on any atom is 0.286 e. The lowest BCUT2D eigenvalue weighted by Gasteiger charge is -2.24. The monoisotopic (exact) mass is 274 g/mol. The summed E-state index contributed by atoms with van der Waals surface area (Å²) in [5.74, 6) is 0. The van der Waals surface area contributed by atoms with Gasteiger partial charge in [-0.3, -0.25) is 9.69 Å². The van der Waals surface area contributed by atoms with Gasteiger partial charge in [0.15, 0.2) is 0 Å². The minimum Gasteiger partial charge on any atom is -0.284 e. The van der Waals surface area contributed by atoms with Crippen LogP contribution in [-0.2, 0) is 6.67 Å². The highest BCUT2D eigenvalue weighted by Crippen LogP contribution is 2.11. The fourth-order valence-electron chi connectivity index (χ4n) is 2.64. The molecule has 2 heterocycles. The van der Waals surface area contributed by atoms with Crippen molar-refractivity contribution in [3.05, 3.63) is 27.2 Å². The number of nitrogens with zero attached hydrogens (tertiary/aromatic N) is 4. The van der Waals surface area contributed by atoms with Crippen molar-refractivity contribution in [3.63, 3.8) is 0 Å². The molecule has 1 aromatic rings. The summed E-state index contributed by atoms with van der Waals surface area (Å²) in [5.41, 5.74) is 1.41. The van der Waals surface area contributed by atoms with Crippen LogP contribution in [0.5, 0.6) is 0 Å². The predicted octanol–water partition coefficient (Wildman–Crippen LogP) is 1.96. The molecule has 0 aromatic carbocycles. The SMILES string of the molecule is Cc1nn(CN2CCCCCCC2)c(=O)c(C#N)c1C. The minimum atomic E-state index is -0.266. The van der Waals surface area contributed by atoms with E-state index in [9.17, 15) is 4.79 Å². The Morgan fingerprint density at radius 2 is 1.75 bits per heavy atom. The Kier molecular flexibility index (Phi) is 4.91. The number of hydrogen-bond acceptors (Lipinski definition) is 4. The van der Waals surface area contributed by atoms with Crippen molar-refractivity contribution >= 4 is 0 Å². The molecule has 1 aliphatic heterocycles. The van der Waals surface area contributed by atoms with Gasteiger partial charge < -0.3 is 0 Å². The number of likely N-dealkylation sites (tertiary alicyclic amines) is 1. The van der Waals surface area contributed by atoms with Crippen molar-refractivity contribution < 1.29 is 0 Å². The third kappa shape index (κ3) is 3.26. The van der Waals surface area contributed by atoms with E-state index in [0.29, 0.717) is 12.2 Å². The van der Waals surface area contributed by atoms with Gasteiger partial charge >= 0.3 is 0 Å². The summed E-state index contributed by atoms with van der Waals surface area (Å²) in [5, 5.41) is 13.5. The molecule has 0 radical (unpaired) electrons. The normalized spacial score (nSPS) is 17.2. The zero-order valence-corrected chi connectivity index (χ0v) is 12.4.